The summed E-state index contributed by atoms with van der Waals surface area (Å²) in [5.41, 5.74) is 0.954. The third-order valence-corrected chi connectivity index (χ3v) is 6.32. The minimum Gasteiger partial charge on any atom is -0.461 e. The zero-order valence-electron chi connectivity index (χ0n) is 15.6. The first-order chi connectivity index (χ1) is 13.3. The molecule has 1 N–H and O–H groups in total. The average molecular weight is 405 g/mol. The molecule has 0 aliphatic carbocycles. The van der Waals surface area contributed by atoms with E-state index in [4.69, 9.17) is 9.15 Å². The zero-order valence-corrected chi connectivity index (χ0v) is 16.4. The van der Waals surface area contributed by atoms with E-state index in [2.05, 4.69) is 5.32 Å². The summed E-state index contributed by atoms with van der Waals surface area (Å²) in [4.78, 5) is 24.1. The van der Waals surface area contributed by atoms with E-state index in [9.17, 15) is 18.0 Å². The van der Waals surface area contributed by atoms with Crippen LogP contribution in [0, 0.1) is 0 Å². The fourth-order valence-corrected chi connectivity index (χ4v) is 4.71. The van der Waals surface area contributed by atoms with Gasteiger partial charge in [0.25, 0.3) is 5.91 Å². The Kier molecular flexibility index (Phi) is 6.18. The van der Waals surface area contributed by atoms with Crippen molar-refractivity contribution >= 4 is 21.7 Å². The van der Waals surface area contributed by atoms with Gasteiger partial charge in [-0.2, -0.15) is 0 Å². The van der Waals surface area contributed by atoms with Crippen molar-refractivity contribution in [3.05, 3.63) is 48.2 Å². The van der Waals surface area contributed by atoms with Gasteiger partial charge in [0.05, 0.1) is 17.9 Å². The monoisotopic (exact) mass is 405 g/mol. The van der Waals surface area contributed by atoms with Gasteiger partial charge >= 0.3 is 5.97 Å². The minimum absolute atomic E-state index is 0.0678. The third-order valence-electron chi connectivity index (χ3n) is 4.55. The molecule has 0 radical (unpaired) electrons. The van der Waals surface area contributed by atoms with Crippen LogP contribution in [0.1, 0.15) is 25.5 Å². The van der Waals surface area contributed by atoms with Crippen LogP contribution in [-0.2, 0) is 30.6 Å². The number of nitrogens with one attached hydrogen (secondary N) is 1. The average Bonchev–Trinajstić information content (AvgIpc) is 3.27. The van der Waals surface area contributed by atoms with Crippen LogP contribution < -0.4 is 5.32 Å². The molecule has 2 aromatic rings. The zero-order chi connectivity index (χ0) is 20.1. The second kappa shape index (κ2) is 8.60. The predicted octanol–water partition coefficient (Wildman–Crippen LogP) is 2.11. The molecule has 3 rings (SSSR count). The number of esters is 1. The van der Waals surface area contributed by atoms with Gasteiger partial charge in [-0.05, 0) is 25.5 Å². The highest BCUT2D eigenvalue weighted by molar-refractivity contribution is 7.91. The molecule has 1 aromatic heterocycles. The molecule has 0 saturated carbocycles. The maximum atomic E-state index is 12.1. The lowest BCUT2D eigenvalue weighted by molar-refractivity contribution is -0.155. The molecule has 2 atom stereocenters. The molecular weight excluding hydrogens is 382 g/mol. The van der Waals surface area contributed by atoms with Crippen molar-refractivity contribution in [3.63, 3.8) is 0 Å². The number of hydrogen-bond acceptors (Lipinski definition) is 6. The first-order valence-corrected chi connectivity index (χ1v) is 11.0. The predicted molar refractivity (Wildman–Crippen MR) is 103 cm³/mol. The summed E-state index contributed by atoms with van der Waals surface area (Å²) >= 11 is 0. The van der Waals surface area contributed by atoms with E-state index >= 15 is 0 Å². The van der Waals surface area contributed by atoms with Crippen LogP contribution in [0.5, 0.6) is 0 Å². The molecule has 150 valence electrons. The van der Waals surface area contributed by atoms with Gasteiger partial charge in [-0.25, -0.2) is 8.42 Å². The summed E-state index contributed by atoms with van der Waals surface area (Å²) in [5, 5.41) is 2.62. The van der Waals surface area contributed by atoms with Gasteiger partial charge < -0.3 is 14.5 Å². The van der Waals surface area contributed by atoms with Crippen molar-refractivity contribution < 1.29 is 27.2 Å². The van der Waals surface area contributed by atoms with E-state index in [1.807, 2.05) is 42.5 Å². The first kappa shape index (κ1) is 20.1. The number of sulfone groups is 1. The van der Waals surface area contributed by atoms with Crippen LogP contribution in [0.3, 0.4) is 0 Å². The molecular formula is C20H23NO6S. The number of amides is 1. The van der Waals surface area contributed by atoms with Crippen LogP contribution in [0.2, 0.25) is 0 Å². The fraction of sp³-hybridized carbons (Fsp3) is 0.400. The lowest BCUT2D eigenvalue weighted by Crippen LogP contribution is -2.42. The molecule has 1 fully saturated rings. The van der Waals surface area contributed by atoms with Crippen LogP contribution >= 0.6 is 0 Å². The number of aryl methyl sites for hydroxylation is 1. The van der Waals surface area contributed by atoms with Crippen molar-refractivity contribution in [1.29, 1.82) is 0 Å². The Morgan fingerprint density at radius 2 is 1.96 bits per heavy atom. The molecule has 0 unspecified atom stereocenters. The molecule has 1 amide bonds. The van der Waals surface area contributed by atoms with E-state index in [1.54, 1.807) is 0 Å². The number of benzene rings is 1. The number of furan rings is 1. The van der Waals surface area contributed by atoms with Crippen LogP contribution in [0.4, 0.5) is 0 Å². The fourth-order valence-electron chi connectivity index (χ4n) is 3.03. The number of carbonyl (C=O) groups excluding carboxylic acids is 2. The molecule has 7 nitrogen and oxygen atoms in total. The van der Waals surface area contributed by atoms with Gasteiger partial charge in [0.2, 0.25) is 0 Å². The molecule has 28 heavy (non-hydrogen) atoms. The second-order valence-electron chi connectivity index (χ2n) is 6.87. The molecule has 1 aliphatic heterocycles. The maximum absolute atomic E-state index is 12.1. The summed E-state index contributed by atoms with van der Waals surface area (Å²) < 4.78 is 33.8. The highest BCUT2D eigenvalue weighted by Gasteiger charge is 2.30. The van der Waals surface area contributed by atoms with E-state index in [-0.39, 0.29) is 17.9 Å². The Morgan fingerprint density at radius 1 is 1.21 bits per heavy atom. The number of ether oxygens (including phenoxy) is 1. The summed E-state index contributed by atoms with van der Waals surface area (Å²) in [5.74, 6) is 0.383. The van der Waals surface area contributed by atoms with E-state index in [0.717, 1.165) is 11.3 Å². The number of hydrogen-bond donors (Lipinski definition) is 1. The summed E-state index contributed by atoms with van der Waals surface area (Å²) in [6, 6.07) is 12.9. The van der Waals surface area contributed by atoms with Gasteiger partial charge in [-0.3, -0.25) is 9.59 Å². The molecule has 1 aromatic carbocycles. The Labute approximate surface area is 164 Å². The molecule has 1 aliphatic rings. The second-order valence-corrected chi connectivity index (χ2v) is 9.10. The summed E-state index contributed by atoms with van der Waals surface area (Å²) in [6.45, 7) is 1.47. The van der Waals surface area contributed by atoms with Gasteiger partial charge in [-0.15, -0.1) is 0 Å². The minimum atomic E-state index is -3.08. The Bertz CT molecular complexity index is 935. The Hall–Kier alpha value is -2.61. The lowest BCUT2D eigenvalue weighted by atomic mass is 10.2. The van der Waals surface area contributed by atoms with Gasteiger partial charge in [0.15, 0.2) is 15.9 Å². The molecule has 0 spiro atoms. The number of rotatable bonds is 7. The van der Waals surface area contributed by atoms with E-state index < -0.39 is 33.9 Å². The summed E-state index contributed by atoms with van der Waals surface area (Å²) in [7, 11) is -3.08. The maximum Gasteiger partial charge on any atom is 0.307 e. The third kappa shape index (κ3) is 5.45. The summed E-state index contributed by atoms with van der Waals surface area (Å²) in [6.07, 6.45) is -0.151. The first-order valence-electron chi connectivity index (χ1n) is 9.17. The largest absolute Gasteiger partial charge is 0.461 e. The SMILES string of the molecule is C[C@H](OC(=O)CCc1ccc(-c2ccccc2)o1)C(=O)N[C@@H]1CCS(=O)(=O)C1. The van der Waals surface area contributed by atoms with Crippen molar-refractivity contribution in [2.45, 2.75) is 38.3 Å². The van der Waals surface area contributed by atoms with Gasteiger partial charge in [0, 0.05) is 18.0 Å². The smallest absolute Gasteiger partial charge is 0.307 e. The topological polar surface area (TPSA) is 103 Å². The Balaban J connectivity index is 1.44. The van der Waals surface area contributed by atoms with Gasteiger partial charge in [-0.1, -0.05) is 30.3 Å². The highest BCUT2D eigenvalue weighted by Crippen LogP contribution is 2.22. The highest BCUT2D eigenvalue weighted by atomic mass is 32.2. The molecule has 0 bridgehead atoms. The van der Waals surface area contributed by atoms with Crippen molar-refractivity contribution in [2.24, 2.45) is 0 Å². The standard InChI is InChI=1S/C20H23NO6S/c1-14(20(23)21-16-11-12-28(24,25)13-16)26-19(22)10-8-17-7-9-18(27-17)15-5-3-2-4-6-15/h2-7,9,14,16H,8,10-13H2,1H3,(H,21,23)/t14-,16+/m0/s1. The molecule has 1 saturated heterocycles. The van der Waals surface area contributed by atoms with Crippen LogP contribution in [0.25, 0.3) is 11.3 Å². The normalized spacial score (nSPS) is 19.1. The van der Waals surface area contributed by atoms with Crippen LogP contribution in [-0.4, -0.2) is 43.9 Å². The van der Waals surface area contributed by atoms with Crippen molar-refractivity contribution in [3.8, 4) is 11.3 Å². The van der Waals surface area contributed by atoms with Crippen molar-refractivity contribution in [1.82, 2.24) is 5.32 Å². The van der Waals surface area contributed by atoms with Gasteiger partial charge in [0.1, 0.15) is 11.5 Å². The van der Waals surface area contributed by atoms with E-state index in [1.165, 1.54) is 6.92 Å². The van der Waals surface area contributed by atoms with Crippen molar-refractivity contribution in [2.75, 3.05) is 11.5 Å². The molecule has 8 heteroatoms. The Morgan fingerprint density at radius 3 is 2.64 bits per heavy atom. The van der Waals surface area contributed by atoms with E-state index in [0.29, 0.717) is 18.6 Å². The molecule has 2 heterocycles. The lowest BCUT2D eigenvalue weighted by Gasteiger charge is -2.16. The quantitative estimate of drug-likeness (QED) is 0.708. The van der Waals surface area contributed by atoms with Crippen LogP contribution in [0.15, 0.2) is 46.9 Å². The number of carbonyl (C=O) groups is 2.